The quantitative estimate of drug-likeness (QED) is 0.679. The number of rotatable bonds is 6. The fourth-order valence-corrected chi connectivity index (χ4v) is 4.52. The zero-order valence-electron chi connectivity index (χ0n) is 19.8. The molecule has 2 aromatic carbocycles. The Morgan fingerprint density at radius 3 is 2.53 bits per heavy atom. The Morgan fingerprint density at radius 2 is 1.88 bits per heavy atom. The fraction of sp³-hybridized carbons (Fsp3) is 0.346. The molecule has 0 saturated carbocycles. The van der Waals surface area contributed by atoms with Gasteiger partial charge in [-0.15, -0.1) is 0 Å². The zero-order valence-corrected chi connectivity index (χ0v) is 19.8. The monoisotopic (exact) mass is 464 g/mol. The van der Waals surface area contributed by atoms with Crippen molar-refractivity contribution >= 4 is 23.5 Å². The Morgan fingerprint density at radius 1 is 1.18 bits per heavy atom. The Hall–Kier alpha value is -3.68. The molecule has 2 N–H and O–H groups in total. The summed E-state index contributed by atoms with van der Waals surface area (Å²) in [5.74, 6) is -0.874. The van der Waals surface area contributed by atoms with Crippen molar-refractivity contribution in [1.29, 1.82) is 0 Å². The number of amides is 4. The predicted molar refractivity (Wildman–Crippen MR) is 127 cm³/mol. The average molecular weight is 465 g/mol. The third kappa shape index (κ3) is 4.53. The van der Waals surface area contributed by atoms with Crippen molar-refractivity contribution in [2.45, 2.75) is 39.3 Å². The van der Waals surface area contributed by atoms with Crippen LogP contribution in [0, 0.1) is 18.7 Å². The lowest BCUT2D eigenvalue weighted by Gasteiger charge is -2.31. The van der Waals surface area contributed by atoms with Gasteiger partial charge in [0, 0.05) is 12.7 Å². The maximum Gasteiger partial charge on any atom is 0.322 e. The molecule has 0 spiro atoms. The minimum absolute atomic E-state index is 0.138. The number of hydrogen-bond donors (Lipinski definition) is 2. The first-order valence-corrected chi connectivity index (χ1v) is 11.4. The molecule has 0 aromatic heterocycles. The molecule has 0 saturated heterocycles. The van der Waals surface area contributed by atoms with Crippen molar-refractivity contribution < 1.29 is 18.8 Å². The number of nitrogens with zero attached hydrogens (tertiary/aromatic N) is 2. The second kappa shape index (κ2) is 9.29. The van der Waals surface area contributed by atoms with Gasteiger partial charge in [0.2, 0.25) is 5.91 Å². The average Bonchev–Trinajstić information content (AvgIpc) is 3.13. The molecule has 2 aliphatic heterocycles. The van der Waals surface area contributed by atoms with E-state index in [0.29, 0.717) is 23.4 Å². The second-order valence-electron chi connectivity index (χ2n) is 9.29. The number of nitrogens with one attached hydrogen (secondary N) is 2. The number of hydrogen-bond acceptors (Lipinski definition) is 3. The van der Waals surface area contributed by atoms with E-state index in [1.807, 2.05) is 45.0 Å². The summed E-state index contributed by atoms with van der Waals surface area (Å²) in [6, 6.07) is 11.6. The lowest BCUT2D eigenvalue weighted by Crippen LogP contribution is -2.47. The summed E-state index contributed by atoms with van der Waals surface area (Å²) >= 11 is 0. The standard InChI is InChI=1S/C26H29FN4O3/c1-15(2)12-20(24(32)28-19-10-8-18(27)9-11-19)31-14-21-22(25(31)33)23(29-26(34)30(21)4)17-7-5-6-16(3)13-17/h5-11,13,15,20,23H,12,14H2,1-4H3,(H,28,32)(H,29,34)/t20-,23-/m1/s1. The first-order chi connectivity index (χ1) is 16.2. The van der Waals surface area contributed by atoms with Crippen LogP contribution in [-0.4, -0.2) is 47.3 Å². The van der Waals surface area contributed by atoms with E-state index in [4.69, 9.17) is 0 Å². The van der Waals surface area contributed by atoms with Crippen LogP contribution in [0.1, 0.15) is 37.4 Å². The minimum Gasteiger partial charge on any atom is -0.327 e. The molecule has 0 radical (unpaired) electrons. The number of aryl methyl sites for hydroxylation is 1. The van der Waals surface area contributed by atoms with Crippen molar-refractivity contribution in [3.8, 4) is 0 Å². The zero-order chi connectivity index (χ0) is 24.6. The van der Waals surface area contributed by atoms with Crippen LogP contribution in [0.25, 0.3) is 0 Å². The molecule has 4 rings (SSSR count). The molecule has 8 heteroatoms. The van der Waals surface area contributed by atoms with Crippen molar-refractivity contribution in [2.24, 2.45) is 5.92 Å². The van der Waals surface area contributed by atoms with Crippen molar-refractivity contribution in [2.75, 3.05) is 18.9 Å². The number of carbonyl (C=O) groups is 3. The van der Waals surface area contributed by atoms with E-state index in [1.54, 1.807) is 11.9 Å². The molecule has 2 heterocycles. The number of anilines is 1. The highest BCUT2D eigenvalue weighted by atomic mass is 19.1. The lowest BCUT2D eigenvalue weighted by atomic mass is 9.94. The summed E-state index contributed by atoms with van der Waals surface area (Å²) in [6.07, 6.45) is 0.444. The third-order valence-electron chi connectivity index (χ3n) is 6.25. The Kier molecular flexibility index (Phi) is 6.41. The third-order valence-corrected chi connectivity index (χ3v) is 6.25. The molecule has 7 nitrogen and oxygen atoms in total. The first-order valence-electron chi connectivity index (χ1n) is 11.4. The summed E-state index contributed by atoms with van der Waals surface area (Å²) < 4.78 is 13.3. The maximum atomic E-state index is 13.7. The molecule has 2 aliphatic rings. The summed E-state index contributed by atoms with van der Waals surface area (Å²) in [5.41, 5.74) is 3.38. The molecular formula is C26H29FN4O3. The van der Waals surface area contributed by atoms with Gasteiger partial charge in [-0.05, 0) is 49.1 Å². The van der Waals surface area contributed by atoms with Crippen LogP contribution < -0.4 is 10.6 Å². The Labute approximate surface area is 198 Å². The van der Waals surface area contributed by atoms with Crippen molar-refractivity contribution in [1.82, 2.24) is 15.1 Å². The highest BCUT2D eigenvalue weighted by Crippen LogP contribution is 2.37. The van der Waals surface area contributed by atoms with Crippen LogP contribution in [0.3, 0.4) is 0 Å². The van der Waals surface area contributed by atoms with Gasteiger partial charge in [0.15, 0.2) is 0 Å². The van der Waals surface area contributed by atoms with Crippen LogP contribution in [0.5, 0.6) is 0 Å². The van der Waals surface area contributed by atoms with E-state index in [0.717, 1.165) is 11.1 Å². The molecule has 2 aromatic rings. The maximum absolute atomic E-state index is 13.7. The van der Waals surface area contributed by atoms with Gasteiger partial charge in [0.25, 0.3) is 5.91 Å². The normalized spacial score (nSPS) is 18.8. The summed E-state index contributed by atoms with van der Waals surface area (Å²) in [7, 11) is 1.63. The molecule has 0 unspecified atom stereocenters. The number of likely N-dealkylation sites (N-methyl/N-ethyl adjacent to an activating group) is 1. The van der Waals surface area contributed by atoms with E-state index in [2.05, 4.69) is 10.6 Å². The molecule has 4 amide bonds. The molecular weight excluding hydrogens is 435 g/mol. The van der Waals surface area contributed by atoms with Crippen LogP contribution in [0.4, 0.5) is 14.9 Å². The SMILES string of the molecule is Cc1cccc([C@H]2NC(=O)N(C)C3=C2C(=O)N([C@H](CC(C)C)C(=O)Nc2ccc(F)cc2)C3)c1. The number of benzene rings is 2. The molecule has 0 bridgehead atoms. The van der Waals surface area contributed by atoms with Crippen LogP contribution in [0.15, 0.2) is 59.8 Å². The summed E-state index contributed by atoms with van der Waals surface area (Å²) in [5, 5.41) is 5.74. The molecule has 0 aliphatic carbocycles. The Balaban J connectivity index is 1.66. The van der Waals surface area contributed by atoms with Gasteiger partial charge in [-0.3, -0.25) is 14.5 Å². The summed E-state index contributed by atoms with van der Waals surface area (Å²) in [4.78, 5) is 42.7. The van der Waals surface area contributed by atoms with Gasteiger partial charge in [-0.25, -0.2) is 9.18 Å². The first kappa shape index (κ1) is 23.5. The molecule has 34 heavy (non-hydrogen) atoms. The topological polar surface area (TPSA) is 81.8 Å². The number of urea groups is 1. The number of halogens is 1. The van der Waals surface area contributed by atoms with Gasteiger partial charge in [-0.1, -0.05) is 43.7 Å². The van der Waals surface area contributed by atoms with Crippen molar-refractivity contribution in [3.63, 3.8) is 0 Å². The van der Waals surface area contributed by atoms with Gasteiger partial charge in [0.05, 0.1) is 23.9 Å². The number of carbonyl (C=O) groups excluding carboxylic acids is 3. The second-order valence-corrected chi connectivity index (χ2v) is 9.29. The van der Waals surface area contributed by atoms with Gasteiger partial charge in [0.1, 0.15) is 11.9 Å². The summed E-state index contributed by atoms with van der Waals surface area (Å²) in [6.45, 7) is 6.09. The smallest absolute Gasteiger partial charge is 0.322 e. The highest BCUT2D eigenvalue weighted by Gasteiger charge is 2.46. The minimum atomic E-state index is -0.746. The van der Waals surface area contributed by atoms with Crippen LogP contribution in [-0.2, 0) is 9.59 Å². The van der Waals surface area contributed by atoms with Crippen molar-refractivity contribution in [3.05, 3.63) is 76.7 Å². The van der Waals surface area contributed by atoms with E-state index in [-0.39, 0.29) is 30.3 Å². The van der Waals surface area contributed by atoms with E-state index in [9.17, 15) is 18.8 Å². The van der Waals surface area contributed by atoms with Gasteiger partial charge >= 0.3 is 6.03 Å². The molecule has 0 fully saturated rings. The van der Waals surface area contributed by atoms with E-state index < -0.39 is 17.9 Å². The van der Waals surface area contributed by atoms with Crippen LogP contribution >= 0.6 is 0 Å². The van der Waals surface area contributed by atoms with E-state index in [1.165, 1.54) is 29.2 Å². The molecule has 2 atom stereocenters. The lowest BCUT2D eigenvalue weighted by molar-refractivity contribution is -0.134. The van der Waals surface area contributed by atoms with Crippen LogP contribution in [0.2, 0.25) is 0 Å². The van der Waals surface area contributed by atoms with E-state index >= 15 is 0 Å². The fourth-order valence-electron chi connectivity index (χ4n) is 4.52. The predicted octanol–water partition coefficient (Wildman–Crippen LogP) is 3.98. The largest absolute Gasteiger partial charge is 0.327 e. The van der Waals surface area contributed by atoms with Gasteiger partial charge < -0.3 is 15.5 Å². The highest BCUT2D eigenvalue weighted by molar-refractivity contribution is 6.05. The Bertz CT molecular complexity index is 1160. The van der Waals surface area contributed by atoms with Gasteiger partial charge in [-0.2, -0.15) is 0 Å². The molecule has 178 valence electrons.